The molecule has 0 amide bonds. The number of rotatable bonds is 5. The van der Waals surface area contributed by atoms with Gasteiger partial charge in [-0.05, 0) is 23.6 Å². The molecule has 1 atom stereocenters. The van der Waals surface area contributed by atoms with Crippen LogP contribution >= 0.6 is 0 Å². The minimum atomic E-state index is 0.125. The fourth-order valence-corrected chi connectivity index (χ4v) is 1.60. The van der Waals surface area contributed by atoms with Crippen molar-refractivity contribution in [2.24, 2.45) is 0 Å². The molecule has 0 fully saturated rings. The summed E-state index contributed by atoms with van der Waals surface area (Å²) in [6, 6.07) is 5.20. The molecular weight excluding hydrogens is 204 g/mol. The highest BCUT2D eigenvalue weighted by Gasteiger charge is 2.12. The second kappa shape index (κ2) is 5.54. The Morgan fingerprint density at radius 3 is 2.75 bits per heavy atom. The molecule has 16 heavy (non-hydrogen) atoms. The van der Waals surface area contributed by atoms with Gasteiger partial charge in [-0.1, -0.05) is 19.9 Å². The van der Waals surface area contributed by atoms with E-state index in [1.165, 1.54) is 7.11 Å². The Morgan fingerprint density at radius 2 is 2.19 bits per heavy atom. The molecule has 0 aromatic heterocycles. The minimum absolute atomic E-state index is 0.125. The van der Waals surface area contributed by atoms with Gasteiger partial charge in [0.1, 0.15) is 5.78 Å². The molecule has 1 unspecified atom stereocenters. The number of hydrogen-bond donors (Lipinski definition) is 1. The molecule has 1 aromatic carbocycles. The number of aromatic hydroxyl groups is 1. The van der Waals surface area contributed by atoms with Gasteiger partial charge in [-0.25, -0.2) is 0 Å². The van der Waals surface area contributed by atoms with Crippen molar-refractivity contribution in [3.63, 3.8) is 0 Å². The average Bonchev–Trinajstić information content (AvgIpc) is 2.29. The van der Waals surface area contributed by atoms with Gasteiger partial charge in [0, 0.05) is 12.8 Å². The molecule has 0 saturated carbocycles. The number of phenols is 1. The second-order valence-electron chi connectivity index (χ2n) is 3.93. The fraction of sp³-hybridized carbons (Fsp3) is 0.462. The van der Waals surface area contributed by atoms with E-state index in [4.69, 9.17) is 4.74 Å². The molecule has 0 bridgehead atoms. The van der Waals surface area contributed by atoms with Gasteiger partial charge in [-0.2, -0.15) is 0 Å². The number of hydrogen-bond acceptors (Lipinski definition) is 3. The Bertz CT molecular complexity index is 371. The van der Waals surface area contributed by atoms with Gasteiger partial charge in [0.05, 0.1) is 7.11 Å². The number of methoxy groups -OCH3 is 1. The van der Waals surface area contributed by atoms with Crippen molar-refractivity contribution in [3.05, 3.63) is 23.8 Å². The first-order valence-electron chi connectivity index (χ1n) is 5.47. The van der Waals surface area contributed by atoms with Crippen LogP contribution in [0.4, 0.5) is 0 Å². The van der Waals surface area contributed by atoms with Crippen molar-refractivity contribution in [2.75, 3.05) is 7.11 Å². The summed E-state index contributed by atoms with van der Waals surface area (Å²) < 4.78 is 5.03. The third-order valence-electron chi connectivity index (χ3n) is 2.70. The average molecular weight is 222 g/mol. The summed E-state index contributed by atoms with van der Waals surface area (Å²) in [5, 5.41) is 9.45. The summed E-state index contributed by atoms with van der Waals surface area (Å²) in [5.74, 6) is 0.982. The van der Waals surface area contributed by atoms with Crippen molar-refractivity contribution in [3.8, 4) is 11.5 Å². The van der Waals surface area contributed by atoms with Crippen molar-refractivity contribution >= 4 is 5.78 Å². The third-order valence-corrected chi connectivity index (χ3v) is 2.70. The van der Waals surface area contributed by atoms with Crippen molar-refractivity contribution < 1.29 is 14.6 Å². The molecule has 0 aliphatic rings. The Labute approximate surface area is 96.1 Å². The van der Waals surface area contributed by atoms with Gasteiger partial charge in [0.2, 0.25) is 0 Å². The summed E-state index contributed by atoms with van der Waals surface area (Å²) >= 11 is 0. The molecular formula is C13H18O3. The molecule has 0 heterocycles. The molecule has 88 valence electrons. The zero-order chi connectivity index (χ0) is 12.1. The Kier molecular flexibility index (Phi) is 4.35. The monoisotopic (exact) mass is 222 g/mol. The molecule has 1 aromatic rings. The van der Waals surface area contributed by atoms with Crippen LogP contribution in [0.25, 0.3) is 0 Å². The van der Waals surface area contributed by atoms with Crippen LogP contribution in [0.2, 0.25) is 0 Å². The van der Waals surface area contributed by atoms with Crippen LogP contribution in [0, 0.1) is 0 Å². The van der Waals surface area contributed by atoms with Crippen LogP contribution in [0.1, 0.15) is 38.2 Å². The van der Waals surface area contributed by atoms with Crippen molar-refractivity contribution in [2.45, 2.75) is 32.6 Å². The maximum Gasteiger partial charge on any atom is 0.160 e. The van der Waals surface area contributed by atoms with Crippen LogP contribution in [0.15, 0.2) is 18.2 Å². The van der Waals surface area contributed by atoms with E-state index in [9.17, 15) is 9.90 Å². The number of ketones is 1. The topological polar surface area (TPSA) is 46.5 Å². The highest BCUT2D eigenvalue weighted by Crippen LogP contribution is 2.30. The smallest absolute Gasteiger partial charge is 0.160 e. The molecule has 0 aliphatic carbocycles. The first-order chi connectivity index (χ1) is 7.58. The van der Waals surface area contributed by atoms with E-state index in [-0.39, 0.29) is 17.5 Å². The van der Waals surface area contributed by atoms with Gasteiger partial charge in [0.15, 0.2) is 11.5 Å². The quantitative estimate of drug-likeness (QED) is 0.833. The molecule has 0 radical (unpaired) electrons. The Morgan fingerprint density at radius 1 is 1.50 bits per heavy atom. The van der Waals surface area contributed by atoms with E-state index < -0.39 is 0 Å². The molecule has 3 heteroatoms. The summed E-state index contributed by atoms with van der Waals surface area (Å²) in [7, 11) is 1.51. The SMILES string of the molecule is CCC(=O)CC(C)c1ccc(O)c(OC)c1. The third kappa shape index (κ3) is 2.99. The van der Waals surface area contributed by atoms with Crippen LogP contribution in [-0.2, 0) is 4.79 Å². The number of Topliss-reactive ketones (excluding diaryl/α,β-unsaturated/α-hetero) is 1. The Balaban J connectivity index is 2.83. The molecule has 3 nitrogen and oxygen atoms in total. The van der Waals surface area contributed by atoms with Crippen LogP contribution < -0.4 is 4.74 Å². The summed E-state index contributed by atoms with van der Waals surface area (Å²) in [4.78, 5) is 11.3. The highest BCUT2D eigenvalue weighted by molar-refractivity contribution is 5.78. The second-order valence-corrected chi connectivity index (χ2v) is 3.93. The molecule has 1 rings (SSSR count). The van der Waals surface area contributed by atoms with E-state index in [1.807, 2.05) is 19.9 Å². The van der Waals surface area contributed by atoms with E-state index >= 15 is 0 Å². The number of phenolic OH excluding ortho intramolecular Hbond substituents is 1. The zero-order valence-corrected chi connectivity index (χ0v) is 9.99. The number of benzene rings is 1. The molecule has 0 aliphatic heterocycles. The molecule has 0 spiro atoms. The zero-order valence-electron chi connectivity index (χ0n) is 9.99. The number of ether oxygens (including phenoxy) is 1. The van der Waals surface area contributed by atoms with Gasteiger partial charge in [-0.15, -0.1) is 0 Å². The van der Waals surface area contributed by atoms with Gasteiger partial charge in [-0.3, -0.25) is 4.79 Å². The fourth-order valence-electron chi connectivity index (χ4n) is 1.60. The lowest BCUT2D eigenvalue weighted by Crippen LogP contribution is -2.03. The predicted octanol–water partition coefficient (Wildman–Crippen LogP) is 2.87. The minimum Gasteiger partial charge on any atom is -0.504 e. The summed E-state index contributed by atoms with van der Waals surface area (Å²) in [5.41, 5.74) is 1.01. The molecule has 0 saturated heterocycles. The lowest BCUT2D eigenvalue weighted by molar-refractivity contribution is -0.119. The van der Waals surface area contributed by atoms with Crippen LogP contribution in [0.3, 0.4) is 0 Å². The molecule has 1 N–H and O–H groups in total. The first-order valence-corrected chi connectivity index (χ1v) is 5.47. The van der Waals surface area contributed by atoms with Gasteiger partial charge in [0.25, 0.3) is 0 Å². The predicted molar refractivity (Wildman–Crippen MR) is 63.0 cm³/mol. The lowest BCUT2D eigenvalue weighted by atomic mass is 9.94. The number of carbonyl (C=O) groups is 1. The largest absolute Gasteiger partial charge is 0.504 e. The van der Waals surface area contributed by atoms with Gasteiger partial charge >= 0.3 is 0 Å². The van der Waals surface area contributed by atoms with Gasteiger partial charge < -0.3 is 9.84 Å². The van der Waals surface area contributed by atoms with Crippen LogP contribution in [-0.4, -0.2) is 18.0 Å². The number of carbonyl (C=O) groups excluding carboxylic acids is 1. The van der Waals surface area contributed by atoms with E-state index in [1.54, 1.807) is 12.1 Å². The Hall–Kier alpha value is -1.51. The summed E-state index contributed by atoms with van der Waals surface area (Å²) in [6.07, 6.45) is 1.10. The lowest BCUT2D eigenvalue weighted by Gasteiger charge is -2.12. The van der Waals surface area contributed by atoms with E-state index in [0.717, 1.165) is 5.56 Å². The van der Waals surface area contributed by atoms with Crippen molar-refractivity contribution in [1.82, 2.24) is 0 Å². The van der Waals surface area contributed by atoms with E-state index in [2.05, 4.69) is 0 Å². The maximum atomic E-state index is 11.3. The summed E-state index contributed by atoms with van der Waals surface area (Å²) in [6.45, 7) is 3.87. The standard InChI is InChI=1S/C13H18O3/c1-4-11(14)7-9(2)10-5-6-12(15)13(8-10)16-3/h5-6,8-9,15H,4,7H2,1-3H3. The van der Waals surface area contributed by atoms with E-state index in [0.29, 0.717) is 18.6 Å². The van der Waals surface area contributed by atoms with Crippen LogP contribution in [0.5, 0.6) is 11.5 Å². The maximum absolute atomic E-state index is 11.3. The first kappa shape index (κ1) is 12.6. The van der Waals surface area contributed by atoms with Crippen molar-refractivity contribution in [1.29, 1.82) is 0 Å². The highest BCUT2D eigenvalue weighted by atomic mass is 16.5. The normalized spacial score (nSPS) is 12.2.